The van der Waals surface area contributed by atoms with E-state index in [9.17, 15) is 9.90 Å². The van der Waals surface area contributed by atoms with Crippen LogP contribution in [0.25, 0.3) is 21.3 Å². The van der Waals surface area contributed by atoms with Gasteiger partial charge in [0.25, 0.3) is 5.56 Å². The van der Waals surface area contributed by atoms with Crippen molar-refractivity contribution in [3.05, 3.63) is 75.0 Å². The van der Waals surface area contributed by atoms with E-state index < -0.39 is 6.10 Å². The largest absolute Gasteiger partial charge is 0.467 e. The summed E-state index contributed by atoms with van der Waals surface area (Å²) in [7, 11) is 1.62. The molecule has 10 heteroatoms. The molecule has 8 nitrogen and oxygen atoms in total. The first-order valence-electron chi connectivity index (χ1n) is 10.8. The van der Waals surface area contributed by atoms with Gasteiger partial charge in [-0.15, -0.1) is 11.3 Å². The van der Waals surface area contributed by atoms with Crippen LogP contribution in [0.15, 0.2) is 57.3 Å². The van der Waals surface area contributed by atoms with E-state index in [0.717, 1.165) is 11.1 Å². The number of aromatic nitrogens is 2. The summed E-state index contributed by atoms with van der Waals surface area (Å²) in [5.41, 5.74) is 1.55. The van der Waals surface area contributed by atoms with E-state index in [1.165, 1.54) is 11.3 Å². The van der Waals surface area contributed by atoms with Gasteiger partial charge in [-0.3, -0.25) is 9.69 Å². The summed E-state index contributed by atoms with van der Waals surface area (Å²) in [5, 5.41) is 13.6. The number of methoxy groups -OCH3 is 1. The number of fused-ring (bicyclic) bond motifs is 1. The van der Waals surface area contributed by atoms with E-state index in [2.05, 4.69) is 9.97 Å². The standard InChI is InChI=1S/C24H26ClN3O5S/c1-31-10-8-28(11-18(29)13-32-14-19-3-2-9-33-19)12-21-26-23(30)22-20(15-34-24(22)27-21)16-4-6-17(25)7-5-16/h2-7,9,15,18,29H,8,10-14H2,1H3,(H,26,27,30)/t18-/m0/s1. The maximum absolute atomic E-state index is 13.0. The number of rotatable bonds is 12. The molecule has 0 radical (unpaired) electrons. The highest BCUT2D eigenvalue weighted by Gasteiger charge is 2.17. The monoisotopic (exact) mass is 503 g/mol. The molecule has 4 rings (SSSR count). The lowest BCUT2D eigenvalue weighted by Gasteiger charge is -2.24. The van der Waals surface area contributed by atoms with Crippen molar-refractivity contribution < 1.29 is 19.0 Å². The van der Waals surface area contributed by atoms with Crippen LogP contribution < -0.4 is 5.56 Å². The van der Waals surface area contributed by atoms with E-state index in [1.807, 2.05) is 28.5 Å². The Hall–Kier alpha value is -2.53. The second kappa shape index (κ2) is 11.7. The van der Waals surface area contributed by atoms with E-state index in [4.69, 9.17) is 25.5 Å². The molecule has 0 aliphatic rings. The predicted molar refractivity (Wildman–Crippen MR) is 132 cm³/mol. The number of ether oxygens (including phenoxy) is 2. The zero-order valence-electron chi connectivity index (χ0n) is 18.7. The minimum atomic E-state index is -0.722. The molecule has 0 bridgehead atoms. The van der Waals surface area contributed by atoms with Crippen molar-refractivity contribution in [2.75, 3.05) is 33.4 Å². The molecule has 0 aliphatic heterocycles. The Bertz CT molecular complexity index is 1240. The lowest BCUT2D eigenvalue weighted by atomic mass is 10.1. The van der Waals surface area contributed by atoms with E-state index in [1.54, 1.807) is 31.6 Å². The molecule has 34 heavy (non-hydrogen) atoms. The first-order valence-corrected chi connectivity index (χ1v) is 12.0. The molecule has 3 heterocycles. The molecule has 4 aromatic rings. The fraction of sp³-hybridized carbons (Fsp3) is 0.333. The van der Waals surface area contributed by atoms with Gasteiger partial charge in [-0.25, -0.2) is 4.98 Å². The van der Waals surface area contributed by atoms with Gasteiger partial charge in [0.05, 0.1) is 37.5 Å². The van der Waals surface area contributed by atoms with Crippen LogP contribution in [-0.4, -0.2) is 59.5 Å². The first-order chi connectivity index (χ1) is 16.5. The predicted octanol–water partition coefficient (Wildman–Crippen LogP) is 3.92. The highest BCUT2D eigenvalue weighted by atomic mass is 35.5. The molecule has 0 spiro atoms. The molecule has 0 fully saturated rings. The summed E-state index contributed by atoms with van der Waals surface area (Å²) in [6, 6.07) is 11.0. The second-order valence-electron chi connectivity index (χ2n) is 7.83. The molecular formula is C24H26ClN3O5S. The second-order valence-corrected chi connectivity index (χ2v) is 9.12. The third-order valence-electron chi connectivity index (χ3n) is 5.24. The Morgan fingerprint density at radius 2 is 2.12 bits per heavy atom. The molecule has 0 aliphatic carbocycles. The third-order valence-corrected chi connectivity index (χ3v) is 6.36. The summed E-state index contributed by atoms with van der Waals surface area (Å²) in [6.45, 7) is 2.19. The molecule has 180 valence electrons. The van der Waals surface area contributed by atoms with E-state index in [-0.39, 0.29) is 12.2 Å². The maximum atomic E-state index is 13.0. The van der Waals surface area contributed by atoms with Crippen molar-refractivity contribution in [2.24, 2.45) is 0 Å². The Kier molecular flexibility index (Phi) is 8.49. The van der Waals surface area contributed by atoms with Crippen molar-refractivity contribution in [1.82, 2.24) is 14.9 Å². The van der Waals surface area contributed by atoms with Crippen molar-refractivity contribution in [1.29, 1.82) is 0 Å². The number of nitrogens with one attached hydrogen (secondary N) is 1. The van der Waals surface area contributed by atoms with Crippen molar-refractivity contribution in [2.45, 2.75) is 19.3 Å². The van der Waals surface area contributed by atoms with E-state index >= 15 is 0 Å². The average molecular weight is 504 g/mol. The Morgan fingerprint density at radius 1 is 1.29 bits per heavy atom. The molecule has 2 N–H and O–H groups in total. The summed E-state index contributed by atoms with van der Waals surface area (Å²) in [5.74, 6) is 1.23. The fourth-order valence-corrected chi connectivity index (χ4v) is 4.71. The molecule has 1 aromatic carbocycles. The van der Waals surface area contributed by atoms with Gasteiger partial charge >= 0.3 is 0 Å². The number of furan rings is 1. The van der Waals surface area contributed by atoms with Gasteiger partial charge in [0, 0.05) is 36.2 Å². The number of aliphatic hydroxyl groups is 1. The van der Waals surface area contributed by atoms with Crippen LogP contribution in [0.3, 0.4) is 0 Å². The third kappa shape index (κ3) is 6.32. The number of H-pyrrole nitrogens is 1. The molecular weight excluding hydrogens is 478 g/mol. The van der Waals surface area contributed by atoms with Crippen LogP contribution >= 0.6 is 22.9 Å². The highest BCUT2D eigenvalue weighted by molar-refractivity contribution is 7.17. The van der Waals surface area contributed by atoms with Gasteiger partial charge in [-0.2, -0.15) is 0 Å². The van der Waals surface area contributed by atoms with Gasteiger partial charge in [0.2, 0.25) is 0 Å². The zero-order valence-corrected chi connectivity index (χ0v) is 20.3. The van der Waals surface area contributed by atoms with Gasteiger partial charge in [-0.1, -0.05) is 23.7 Å². The number of aromatic amines is 1. The number of hydrogen-bond donors (Lipinski definition) is 2. The molecule has 0 saturated carbocycles. The lowest BCUT2D eigenvalue weighted by Crippen LogP contribution is -2.37. The number of thiophene rings is 1. The summed E-state index contributed by atoms with van der Waals surface area (Å²) >= 11 is 7.42. The Labute approximate surface area is 205 Å². The van der Waals surface area contributed by atoms with Crippen molar-refractivity contribution in [3.63, 3.8) is 0 Å². The van der Waals surface area contributed by atoms with Gasteiger partial charge < -0.3 is 24.0 Å². The van der Waals surface area contributed by atoms with Gasteiger partial charge in [0.15, 0.2) is 0 Å². The van der Waals surface area contributed by atoms with Gasteiger partial charge in [0.1, 0.15) is 23.0 Å². The van der Waals surface area contributed by atoms with Gasteiger partial charge in [-0.05, 0) is 29.8 Å². The normalized spacial score (nSPS) is 12.6. The first kappa shape index (κ1) is 24.6. The quantitative estimate of drug-likeness (QED) is 0.302. The number of nitrogens with zero attached hydrogens (tertiary/aromatic N) is 2. The summed E-state index contributed by atoms with van der Waals surface area (Å²) in [6.07, 6.45) is 0.860. The number of benzene rings is 1. The van der Waals surface area contributed by atoms with E-state index in [0.29, 0.717) is 59.7 Å². The number of hydrogen-bond acceptors (Lipinski definition) is 8. The molecule has 0 amide bonds. The molecule has 0 unspecified atom stereocenters. The Morgan fingerprint density at radius 3 is 2.85 bits per heavy atom. The van der Waals surface area contributed by atoms with Crippen LogP contribution in [-0.2, 0) is 22.6 Å². The van der Waals surface area contributed by atoms with Crippen molar-refractivity contribution in [3.8, 4) is 11.1 Å². The minimum Gasteiger partial charge on any atom is -0.467 e. The smallest absolute Gasteiger partial charge is 0.260 e. The topological polar surface area (TPSA) is 101 Å². The fourth-order valence-electron chi connectivity index (χ4n) is 3.62. The SMILES string of the molecule is COCCN(Cc1nc2scc(-c3ccc(Cl)cc3)c2c(=O)[nH]1)C[C@H](O)COCc1ccco1. The summed E-state index contributed by atoms with van der Waals surface area (Å²) < 4.78 is 16.0. The molecule has 1 atom stereocenters. The van der Waals surface area contributed by atoms with Crippen LogP contribution in [0, 0.1) is 0 Å². The minimum absolute atomic E-state index is 0.155. The molecule has 0 saturated heterocycles. The zero-order chi connectivity index (χ0) is 23.9. The number of halogens is 1. The average Bonchev–Trinajstić information content (AvgIpc) is 3.48. The maximum Gasteiger partial charge on any atom is 0.260 e. The van der Waals surface area contributed by atoms with Crippen LogP contribution in [0.1, 0.15) is 11.6 Å². The molecule has 3 aromatic heterocycles. The van der Waals surface area contributed by atoms with Crippen molar-refractivity contribution >= 4 is 33.2 Å². The summed E-state index contributed by atoms with van der Waals surface area (Å²) in [4.78, 5) is 23.2. The number of aliphatic hydroxyl groups excluding tert-OH is 1. The lowest BCUT2D eigenvalue weighted by molar-refractivity contribution is 0.0000995. The Balaban J connectivity index is 1.45. The van der Waals surface area contributed by atoms with Crippen LogP contribution in [0.4, 0.5) is 0 Å². The van der Waals surface area contributed by atoms with Crippen LogP contribution in [0.5, 0.6) is 0 Å². The van der Waals surface area contributed by atoms with Crippen LogP contribution in [0.2, 0.25) is 5.02 Å². The highest BCUT2D eigenvalue weighted by Crippen LogP contribution is 2.31.